The van der Waals surface area contributed by atoms with Gasteiger partial charge in [-0.25, -0.2) is 9.97 Å². The lowest BCUT2D eigenvalue weighted by molar-refractivity contribution is 0.867. The highest BCUT2D eigenvalue weighted by atomic mass is 127. The number of nitrogens with two attached hydrogens (primary N) is 1. The monoisotopic (exact) mass is 354 g/mol. The quantitative estimate of drug-likeness (QED) is 0.861. The van der Waals surface area contributed by atoms with Gasteiger partial charge < -0.3 is 5.73 Å². The molecule has 4 nitrogen and oxygen atoms in total. The van der Waals surface area contributed by atoms with Gasteiger partial charge in [-0.15, -0.1) is 0 Å². The fourth-order valence-corrected chi connectivity index (χ4v) is 2.14. The summed E-state index contributed by atoms with van der Waals surface area (Å²) in [5.74, 6) is 1.14. The molecule has 0 atom stereocenters. The minimum atomic E-state index is 0.534. The van der Waals surface area contributed by atoms with Gasteiger partial charge in [0.25, 0.3) is 0 Å². The Labute approximate surface area is 120 Å². The summed E-state index contributed by atoms with van der Waals surface area (Å²) in [5.41, 5.74) is 8.82. The molecule has 94 valence electrons. The van der Waals surface area contributed by atoms with E-state index in [4.69, 9.17) is 5.73 Å². The number of hydrogen-bond acceptors (Lipinski definition) is 4. The van der Waals surface area contributed by atoms with Crippen LogP contribution in [0.2, 0.25) is 0 Å². The minimum Gasteiger partial charge on any atom is -0.383 e. The Morgan fingerprint density at radius 2 is 2.06 bits per heavy atom. The molecular weight excluding hydrogens is 339 g/mol. The van der Waals surface area contributed by atoms with Crippen molar-refractivity contribution in [2.75, 3.05) is 5.73 Å². The second-order valence-electron chi connectivity index (χ2n) is 4.16. The first kappa shape index (κ1) is 13.2. The van der Waals surface area contributed by atoms with E-state index in [0.717, 1.165) is 33.4 Å². The largest absolute Gasteiger partial charge is 0.383 e. The fraction of sp³-hybridized carbons (Fsp3) is 0.308. The summed E-state index contributed by atoms with van der Waals surface area (Å²) in [4.78, 5) is 13.2. The van der Waals surface area contributed by atoms with Crippen molar-refractivity contribution >= 4 is 28.4 Å². The number of aryl methyl sites for hydroxylation is 2. The normalized spacial score (nSPS) is 10.6. The van der Waals surface area contributed by atoms with E-state index < -0.39 is 0 Å². The standard InChI is InChI=1S/C13H15IN4/c1-3-4-9-11(14)12(15)18-13(17-9)10-6-5-8(2)7-16-10/h5-7H,3-4H2,1-2H3,(H2,15,17,18). The maximum absolute atomic E-state index is 5.93. The lowest BCUT2D eigenvalue weighted by Gasteiger charge is -2.08. The maximum Gasteiger partial charge on any atom is 0.180 e. The minimum absolute atomic E-state index is 0.534. The van der Waals surface area contributed by atoms with E-state index in [1.165, 1.54) is 0 Å². The zero-order valence-corrected chi connectivity index (χ0v) is 12.6. The predicted octanol–water partition coefficient (Wildman–Crippen LogP) is 2.99. The summed E-state index contributed by atoms with van der Waals surface area (Å²) in [6.45, 7) is 4.13. The molecule has 0 spiro atoms. The van der Waals surface area contributed by atoms with Gasteiger partial charge in [0.15, 0.2) is 5.82 Å². The van der Waals surface area contributed by atoms with E-state index in [9.17, 15) is 0 Å². The Morgan fingerprint density at radius 1 is 1.28 bits per heavy atom. The van der Waals surface area contributed by atoms with Crippen molar-refractivity contribution in [1.29, 1.82) is 0 Å². The van der Waals surface area contributed by atoms with Crippen LogP contribution < -0.4 is 5.73 Å². The molecule has 0 aliphatic carbocycles. The number of rotatable bonds is 3. The summed E-state index contributed by atoms with van der Waals surface area (Å²) < 4.78 is 0.949. The Kier molecular flexibility index (Phi) is 4.11. The topological polar surface area (TPSA) is 64.7 Å². The van der Waals surface area contributed by atoms with Gasteiger partial charge in [-0.1, -0.05) is 19.4 Å². The molecule has 0 saturated carbocycles. The van der Waals surface area contributed by atoms with E-state index in [2.05, 4.69) is 44.5 Å². The van der Waals surface area contributed by atoms with Crippen LogP contribution in [0.15, 0.2) is 18.3 Å². The van der Waals surface area contributed by atoms with Gasteiger partial charge in [-0.05, 0) is 47.6 Å². The molecule has 0 unspecified atom stereocenters. The van der Waals surface area contributed by atoms with Gasteiger partial charge >= 0.3 is 0 Å². The highest BCUT2D eigenvalue weighted by Crippen LogP contribution is 2.22. The maximum atomic E-state index is 5.93. The third-order valence-corrected chi connectivity index (χ3v) is 3.75. The fourth-order valence-electron chi connectivity index (χ4n) is 1.63. The number of nitrogen functional groups attached to an aromatic ring is 1. The van der Waals surface area contributed by atoms with E-state index in [1.54, 1.807) is 0 Å². The van der Waals surface area contributed by atoms with Crippen LogP contribution in [0.5, 0.6) is 0 Å². The van der Waals surface area contributed by atoms with E-state index >= 15 is 0 Å². The van der Waals surface area contributed by atoms with Crippen molar-refractivity contribution < 1.29 is 0 Å². The highest BCUT2D eigenvalue weighted by Gasteiger charge is 2.11. The van der Waals surface area contributed by atoms with Crippen LogP contribution in [0.4, 0.5) is 5.82 Å². The highest BCUT2D eigenvalue weighted by molar-refractivity contribution is 14.1. The van der Waals surface area contributed by atoms with Crippen LogP contribution >= 0.6 is 22.6 Å². The second kappa shape index (κ2) is 5.60. The van der Waals surface area contributed by atoms with E-state index in [1.807, 2.05) is 25.3 Å². The van der Waals surface area contributed by atoms with Crippen LogP contribution in [-0.2, 0) is 6.42 Å². The van der Waals surface area contributed by atoms with Crippen LogP contribution in [0.1, 0.15) is 24.6 Å². The summed E-state index contributed by atoms with van der Waals surface area (Å²) >= 11 is 2.20. The predicted molar refractivity (Wildman–Crippen MR) is 81.1 cm³/mol. The zero-order valence-electron chi connectivity index (χ0n) is 10.4. The second-order valence-corrected chi connectivity index (χ2v) is 5.24. The average molecular weight is 354 g/mol. The zero-order chi connectivity index (χ0) is 13.1. The van der Waals surface area contributed by atoms with Crippen molar-refractivity contribution in [3.63, 3.8) is 0 Å². The molecule has 0 fully saturated rings. The number of nitrogens with zero attached hydrogens (tertiary/aromatic N) is 3. The number of hydrogen-bond donors (Lipinski definition) is 1. The summed E-state index contributed by atoms with van der Waals surface area (Å²) in [7, 11) is 0. The first-order valence-electron chi connectivity index (χ1n) is 5.86. The van der Waals surface area contributed by atoms with Crippen molar-refractivity contribution in [2.45, 2.75) is 26.7 Å². The van der Waals surface area contributed by atoms with E-state index in [-0.39, 0.29) is 0 Å². The van der Waals surface area contributed by atoms with Crippen LogP contribution in [0.3, 0.4) is 0 Å². The third kappa shape index (κ3) is 2.77. The van der Waals surface area contributed by atoms with Crippen molar-refractivity contribution in [3.05, 3.63) is 33.2 Å². The van der Waals surface area contributed by atoms with Gasteiger partial charge in [0.1, 0.15) is 11.5 Å². The number of anilines is 1. The summed E-state index contributed by atoms with van der Waals surface area (Å²) in [6.07, 6.45) is 3.75. The molecule has 2 aromatic rings. The van der Waals surface area contributed by atoms with Gasteiger partial charge in [0.05, 0.1) is 9.26 Å². The molecule has 5 heteroatoms. The van der Waals surface area contributed by atoms with Crippen LogP contribution in [0, 0.1) is 10.5 Å². The van der Waals surface area contributed by atoms with Gasteiger partial charge in [0.2, 0.25) is 0 Å². The molecule has 0 aromatic carbocycles. The Hall–Kier alpha value is -1.24. The third-order valence-electron chi connectivity index (χ3n) is 2.57. The average Bonchev–Trinajstić information content (AvgIpc) is 2.36. The van der Waals surface area contributed by atoms with Gasteiger partial charge in [0, 0.05) is 6.20 Å². The molecule has 0 bridgehead atoms. The van der Waals surface area contributed by atoms with Crippen molar-refractivity contribution in [2.24, 2.45) is 0 Å². The molecule has 0 amide bonds. The Bertz CT molecular complexity index is 552. The number of halogens is 1. The first-order chi connectivity index (χ1) is 8.61. The SMILES string of the molecule is CCCc1nc(-c2ccc(C)cn2)nc(N)c1I. The van der Waals surface area contributed by atoms with Gasteiger partial charge in [-0.2, -0.15) is 0 Å². The molecule has 0 saturated heterocycles. The molecule has 2 aromatic heterocycles. The molecule has 2 rings (SSSR count). The number of aromatic nitrogens is 3. The van der Waals surface area contributed by atoms with Crippen molar-refractivity contribution in [1.82, 2.24) is 15.0 Å². The number of pyridine rings is 1. The molecule has 0 radical (unpaired) electrons. The lowest BCUT2D eigenvalue weighted by Crippen LogP contribution is -2.05. The van der Waals surface area contributed by atoms with Crippen molar-refractivity contribution in [3.8, 4) is 11.5 Å². The molecule has 2 N–H and O–H groups in total. The summed E-state index contributed by atoms with van der Waals surface area (Å²) in [5, 5.41) is 0. The first-order valence-corrected chi connectivity index (χ1v) is 6.94. The molecule has 0 aliphatic heterocycles. The Morgan fingerprint density at radius 3 is 2.67 bits per heavy atom. The molecular formula is C13H15IN4. The molecule has 2 heterocycles. The van der Waals surface area contributed by atoms with Crippen LogP contribution in [-0.4, -0.2) is 15.0 Å². The van der Waals surface area contributed by atoms with Crippen LogP contribution in [0.25, 0.3) is 11.5 Å². The summed E-state index contributed by atoms with van der Waals surface area (Å²) in [6, 6.07) is 3.92. The smallest absolute Gasteiger partial charge is 0.180 e. The van der Waals surface area contributed by atoms with Gasteiger partial charge in [-0.3, -0.25) is 4.98 Å². The molecule has 0 aliphatic rings. The molecule has 18 heavy (non-hydrogen) atoms. The van der Waals surface area contributed by atoms with E-state index in [0.29, 0.717) is 11.6 Å². The lowest BCUT2D eigenvalue weighted by atomic mass is 10.2. The Balaban J connectivity index is 2.48.